The molecule has 0 radical (unpaired) electrons. The molecule has 1 aliphatic carbocycles. The molecule has 0 aromatic heterocycles. The minimum Gasteiger partial charge on any atom is -0.397 e. The summed E-state index contributed by atoms with van der Waals surface area (Å²) in [5.41, 5.74) is 4.74. The molecule has 0 amide bonds. The molecule has 80 valence electrons. The van der Waals surface area contributed by atoms with Crippen molar-refractivity contribution >= 4 is 0 Å². The fraction of sp³-hybridized carbons (Fsp3) is 0.714. The van der Waals surface area contributed by atoms with Crippen molar-refractivity contribution in [3.63, 3.8) is 0 Å². The van der Waals surface area contributed by atoms with Crippen LogP contribution in [0.25, 0.3) is 0 Å². The van der Waals surface area contributed by atoms with Crippen LogP contribution >= 0.6 is 0 Å². The van der Waals surface area contributed by atoms with E-state index in [1.165, 1.54) is 0 Å². The van der Waals surface area contributed by atoms with Gasteiger partial charge in [0.05, 0.1) is 23.0 Å². The van der Waals surface area contributed by atoms with E-state index in [0.29, 0.717) is 0 Å². The third-order valence-electron chi connectivity index (χ3n) is 2.26. The maximum atomic E-state index is 12.2. The van der Waals surface area contributed by atoms with Crippen molar-refractivity contribution in [2.75, 3.05) is 0 Å². The molecule has 0 aromatic rings. The van der Waals surface area contributed by atoms with Crippen LogP contribution in [0.15, 0.2) is 11.4 Å². The van der Waals surface area contributed by atoms with Gasteiger partial charge in [-0.05, 0) is 12.8 Å². The maximum Gasteiger partial charge on any atom is 0.392 e. The van der Waals surface area contributed by atoms with Crippen LogP contribution in [0.1, 0.15) is 19.3 Å². The highest BCUT2D eigenvalue weighted by molar-refractivity contribution is 5.09. The lowest BCUT2D eigenvalue weighted by atomic mass is 9.90. The minimum absolute atomic E-state index is 0.0319. The summed E-state index contributed by atoms with van der Waals surface area (Å²) in [4.78, 5) is 9.51. The summed E-state index contributed by atoms with van der Waals surface area (Å²) in [6.07, 6.45) is -5.20. The Morgan fingerprint density at radius 1 is 1.50 bits per heavy atom. The number of nitrogens with zero attached hydrogens (tertiary/aromatic N) is 1. The highest BCUT2D eigenvalue weighted by Gasteiger charge is 2.44. The summed E-state index contributed by atoms with van der Waals surface area (Å²) in [6.45, 7) is 0. The zero-order valence-electron chi connectivity index (χ0n) is 7.17. The molecule has 0 saturated carbocycles. The number of nitro groups is 1. The fourth-order valence-electron chi connectivity index (χ4n) is 1.41. The highest BCUT2D eigenvalue weighted by atomic mass is 19.4. The molecule has 14 heavy (non-hydrogen) atoms. The molecule has 1 atom stereocenters. The van der Waals surface area contributed by atoms with E-state index in [4.69, 9.17) is 5.73 Å². The number of rotatable bonds is 1. The van der Waals surface area contributed by atoms with E-state index in [2.05, 4.69) is 0 Å². The second-order valence-corrected chi connectivity index (χ2v) is 3.21. The molecule has 7 heteroatoms. The van der Waals surface area contributed by atoms with Gasteiger partial charge >= 0.3 is 6.18 Å². The topological polar surface area (TPSA) is 69.2 Å². The highest BCUT2D eigenvalue weighted by Crippen LogP contribution is 2.38. The zero-order valence-corrected chi connectivity index (χ0v) is 7.17. The van der Waals surface area contributed by atoms with Gasteiger partial charge in [-0.2, -0.15) is 13.2 Å². The van der Waals surface area contributed by atoms with Crippen molar-refractivity contribution in [3.8, 4) is 0 Å². The van der Waals surface area contributed by atoms with E-state index < -0.39 is 29.1 Å². The van der Waals surface area contributed by atoms with Gasteiger partial charge in [-0.1, -0.05) is 0 Å². The molecule has 0 fully saturated rings. The fourth-order valence-corrected chi connectivity index (χ4v) is 1.41. The molecule has 0 saturated heterocycles. The van der Waals surface area contributed by atoms with Crippen LogP contribution in [0.3, 0.4) is 0 Å². The van der Waals surface area contributed by atoms with E-state index in [1.54, 1.807) is 0 Å². The van der Waals surface area contributed by atoms with Crippen molar-refractivity contribution in [2.45, 2.75) is 25.4 Å². The van der Waals surface area contributed by atoms with E-state index in [-0.39, 0.29) is 18.5 Å². The first-order valence-electron chi connectivity index (χ1n) is 4.01. The first kappa shape index (κ1) is 10.8. The number of allylic oxidation sites excluding steroid dienone is 2. The molecule has 1 rings (SSSR count). The SMILES string of the molecule is NC1=C([N+](=O)[O-])CC(C(F)(F)F)CC1. The smallest absolute Gasteiger partial charge is 0.392 e. The monoisotopic (exact) mass is 210 g/mol. The summed E-state index contributed by atoms with van der Waals surface area (Å²) in [7, 11) is 0. The Hall–Kier alpha value is -1.27. The standard InChI is InChI=1S/C7H9F3N2O2/c8-7(9,10)4-1-2-5(11)6(3-4)12(13)14/h4H,1-3,11H2. The molecule has 1 aliphatic rings. The molecular weight excluding hydrogens is 201 g/mol. The molecule has 0 heterocycles. The van der Waals surface area contributed by atoms with Gasteiger partial charge in [-0.15, -0.1) is 0 Å². The van der Waals surface area contributed by atoms with Gasteiger partial charge in [-0.3, -0.25) is 10.1 Å². The predicted octanol–water partition coefficient (Wildman–Crippen LogP) is 1.80. The lowest BCUT2D eigenvalue weighted by Gasteiger charge is -2.22. The number of hydrogen-bond acceptors (Lipinski definition) is 3. The van der Waals surface area contributed by atoms with Gasteiger partial charge in [0.25, 0.3) is 5.70 Å². The number of alkyl halides is 3. The summed E-state index contributed by atoms with van der Waals surface area (Å²) >= 11 is 0. The van der Waals surface area contributed by atoms with Crippen LogP contribution in [0.2, 0.25) is 0 Å². The molecule has 0 aliphatic heterocycles. The van der Waals surface area contributed by atoms with Crippen molar-refractivity contribution in [2.24, 2.45) is 11.7 Å². The van der Waals surface area contributed by atoms with E-state index >= 15 is 0 Å². The largest absolute Gasteiger partial charge is 0.397 e. The first-order chi connectivity index (χ1) is 6.32. The van der Waals surface area contributed by atoms with Gasteiger partial charge in [0.2, 0.25) is 0 Å². The first-order valence-corrected chi connectivity index (χ1v) is 4.01. The van der Waals surface area contributed by atoms with Crippen LogP contribution in [0.4, 0.5) is 13.2 Å². The van der Waals surface area contributed by atoms with Crippen molar-refractivity contribution in [1.82, 2.24) is 0 Å². The van der Waals surface area contributed by atoms with Crippen molar-refractivity contribution < 1.29 is 18.1 Å². The Kier molecular flexibility index (Phi) is 2.68. The van der Waals surface area contributed by atoms with E-state index in [9.17, 15) is 23.3 Å². The van der Waals surface area contributed by atoms with Crippen molar-refractivity contribution in [1.29, 1.82) is 0 Å². The third-order valence-corrected chi connectivity index (χ3v) is 2.26. The van der Waals surface area contributed by atoms with Crippen LogP contribution in [-0.4, -0.2) is 11.1 Å². The molecule has 0 spiro atoms. The quantitative estimate of drug-likeness (QED) is 0.529. The van der Waals surface area contributed by atoms with Crippen LogP contribution < -0.4 is 5.73 Å². The van der Waals surface area contributed by atoms with Gasteiger partial charge in [0.1, 0.15) is 0 Å². The van der Waals surface area contributed by atoms with Gasteiger partial charge < -0.3 is 5.73 Å². The summed E-state index contributed by atoms with van der Waals surface area (Å²) < 4.78 is 36.7. The zero-order chi connectivity index (χ0) is 10.9. The number of nitrogens with two attached hydrogens (primary N) is 1. The lowest BCUT2D eigenvalue weighted by molar-refractivity contribution is -0.433. The lowest BCUT2D eigenvalue weighted by Crippen LogP contribution is -2.29. The Labute approximate surface area is 77.7 Å². The number of halogens is 3. The second kappa shape index (κ2) is 3.47. The Morgan fingerprint density at radius 2 is 2.07 bits per heavy atom. The van der Waals surface area contributed by atoms with Crippen LogP contribution in [0.5, 0.6) is 0 Å². The van der Waals surface area contributed by atoms with E-state index in [0.717, 1.165) is 0 Å². The van der Waals surface area contributed by atoms with Gasteiger partial charge in [0.15, 0.2) is 0 Å². The van der Waals surface area contributed by atoms with Crippen molar-refractivity contribution in [3.05, 3.63) is 21.5 Å². The molecule has 2 N–H and O–H groups in total. The molecule has 0 aromatic carbocycles. The van der Waals surface area contributed by atoms with Crippen LogP contribution in [-0.2, 0) is 0 Å². The summed E-state index contributed by atoms with van der Waals surface area (Å²) in [6, 6.07) is 0. The second-order valence-electron chi connectivity index (χ2n) is 3.21. The van der Waals surface area contributed by atoms with E-state index in [1.807, 2.05) is 0 Å². The average molecular weight is 210 g/mol. The summed E-state index contributed by atoms with van der Waals surface area (Å²) in [5, 5.41) is 10.3. The molecule has 4 nitrogen and oxygen atoms in total. The normalized spacial score (nSPS) is 23.8. The Balaban J connectivity index is 2.83. The Morgan fingerprint density at radius 3 is 2.50 bits per heavy atom. The molecule has 1 unspecified atom stereocenters. The number of hydrogen-bond donors (Lipinski definition) is 1. The summed E-state index contributed by atoms with van der Waals surface area (Å²) in [5.74, 6) is -1.63. The molecular formula is C7H9F3N2O2. The van der Waals surface area contributed by atoms with Gasteiger partial charge in [-0.25, -0.2) is 0 Å². The molecule has 0 bridgehead atoms. The predicted molar refractivity (Wildman–Crippen MR) is 41.6 cm³/mol. The van der Waals surface area contributed by atoms with Crippen LogP contribution in [0, 0.1) is 16.0 Å². The average Bonchev–Trinajstić information content (AvgIpc) is 2.02. The minimum atomic E-state index is -4.37. The van der Waals surface area contributed by atoms with Gasteiger partial charge in [0, 0.05) is 0 Å². The Bertz CT molecular complexity index is 285. The third kappa shape index (κ3) is 2.15. The maximum absolute atomic E-state index is 12.2.